The smallest absolute Gasteiger partial charge is 0.226 e. The van der Waals surface area contributed by atoms with Crippen molar-refractivity contribution in [3.05, 3.63) is 0 Å². The van der Waals surface area contributed by atoms with Crippen molar-refractivity contribution in [1.82, 2.24) is 0 Å². The molecule has 3 heteroatoms. The Balaban J connectivity index is 4.02. The van der Waals surface area contributed by atoms with E-state index < -0.39 is 5.91 Å². The summed E-state index contributed by atoms with van der Waals surface area (Å²) in [4.78, 5) is 0. The third-order valence-corrected chi connectivity index (χ3v) is 1.94. The summed E-state index contributed by atoms with van der Waals surface area (Å²) in [6.07, 6.45) is 0.943. The van der Waals surface area contributed by atoms with Gasteiger partial charge in [-0.05, 0) is 6.42 Å². The zero-order valence-electron chi connectivity index (χ0n) is 7.18. The third kappa shape index (κ3) is 1.94. The van der Waals surface area contributed by atoms with Gasteiger partial charge in [-0.25, -0.2) is 0 Å². The van der Waals surface area contributed by atoms with Gasteiger partial charge >= 0.3 is 0 Å². The highest BCUT2D eigenvalue weighted by atomic mass is 16.7. The number of nitrogens with two attached hydrogens (primary N) is 1. The van der Waals surface area contributed by atoms with Crippen LogP contribution in [0.1, 0.15) is 20.3 Å². The molecule has 1 unspecified atom stereocenters. The van der Waals surface area contributed by atoms with Crippen molar-refractivity contribution in [3.63, 3.8) is 0 Å². The molecule has 0 radical (unpaired) electrons. The van der Waals surface area contributed by atoms with Crippen LogP contribution in [0.5, 0.6) is 0 Å². The van der Waals surface area contributed by atoms with E-state index in [4.69, 9.17) is 15.2 Å². The summed E-state index contributed by atoms with van der Waals surface area (Å²) in [6.45, 7) is 4.04. The number of rotatable bonds is 4. The van der Waals surface area contributed by atoms with Crippen LogP contribution in [0.15, 0.2) is 0 Å². The van der Waals surface area contributed by atoms with E-state index in [2.05, 4.69) is 0 Å². The molecule has 0 aromatic rings. The van der Waals surface area contributed by atoms with Gasteiger partial charge in [0.15, 0.2) is 0 Å². The van der Waals surface area contributed by atoms with Crippen molar-refractivity contribution < 1.29 is 9.47 Å². The van der Waals surface area contributed by atoms with Crippen molar-refractivity contribution in [3.8, 4) is 0 Å². The molecule has 0 aromatic carbocycles. The summed E-state index contributed by atoms with van der Waals surface area (Å²) in [5.74, 6) is -0.697. The maximum Gasteiger partial charge on any atom is 0.226 e. The summed E-state index contributed by atoms with van der Waals surface area (Å²) >= 11 is 0. The van der Waals surface area contributed by atoms with E-state index >= 15 is 0 Å². The van der Waals surface area contributed by atoms with Crippen LogP contribution in [-0.4, -0.2) is 20.1 Å². The SMILES string of the molecule is CCC(C)C(N)(OC)OC. The van der Waals surface area contributed by atoms with Crippen LogP contribution in [0, 0.1) is 5.92 Å². The number of ether oxygens (including phenoxy) is 2. The van der Waals surface area contributed by atoms with Crippen molar-refractivity contribution >= 4 is 0 Å². The first kappa shape index (κ1) is 9.88. The highest BCUT2D eigenvalue weighted by Gasteiger charge is 2.29. The standard InChI is InChI=1S/C7H17NO2/c1-5-6(2)7(8,9-3)10-4/h6H,5,8H2,1-4H3. The quantitative estimate of drug-likeness (QED) is 0.602. The normalized spacial score (nSPS) is 15.3. The second-order valence-corrected chi connectivity index (χ2v) is 2.44. The molecule has 0 aliphatic carbocycles. The Bertz CT molecular complexity index is 91.6. The van der Waals surface area contributed by atoms with Crippen LogP contribution in [0.4, 0.5) is 0 Å². The molecule has 0 rings (SSSR count). The molecule has 1 atom stereocenters. The van der Waals surface area contributed by atoms with Crippen LogP contribution in [0.25, 0.3) is 0 Å². The molecule has 0 aliphatic heterocycles. The molecule has 0 saturated heterocycles. The Labute approximate surface area is 62.5 Å². The molecule has 0 spiro atoms. The van der Waals surface area contributed by atoms with E-state index in [1.807, 2.05) is 13.8 Å². The van der Waals surface area contributed by atoms with Crippen LogP contribution in [0.3, 0.4) is 0 Å². The van der Waals surface area contributed by atoms with E-state index in [0.29, 0.717) is 0 Å². The molecule has 3 nitrogen and oxygen atoms in total. The van der Waals surface area contributed by atoms with E-state index in [-0.39, 0.29) is 5.92 Å². The van der Waals surface area contributed by atoms with E-state index in [1.54, 1.807) is 14.2 Å². The Morgan fingerprint density at radius 2 is 1.80 bits per heavy atom. The molecule has 0 amide bonds. The zero-order chi connectivity index (χ0) is 8.20. The Hall–Kier alpha value is -0.120. The van der Waals surface area contributed by atoms with Crippen molar-refractivity contribution in [2.75, 3.05) is 14.2 Å². The molecular formula is C7H17NO2. The fourth-order valence-electron chi connectivity index (χ4n) is 0.770. The van der Waals surface area contributed by atoms with Gasteiger partial charge in [-0.15, -0.1) is 0 Å². The van der Waals surface area contributed by atoms with Gasteiger partial charge in [0.2, 0.25) is 5.91 Å². The monoisotopic (exact) mass is 147 g/mol. The van der Waals surface area contributed by atoms with Gasteiger partial charge < -0.3 is 9.47 Å². The first-order chi connectivity index (χ1) is 4.60. The van der Waals surface area contributed by atoms with Gasteiger partial charge in [-0.3, -0.25) is 5.73 Å². The fraction of sp³-hybridized carbons (Fsp3) is 1.00. The first-order valence-electron chi connectivity index (χ1n) is 3.49. The van der Waals surface area contributed by atoms with Gasteiger partial charge in [0.05, 0.1) is 0 Å². The minimum atomic E-state index is -0.908. The third-order valence-electron chi connectivity index (χ3n) is 1.94. The fourth-order valence-corrected chi connectivity index (χ4v) is 0.770. The molecule has 0 saturated carbocycles. The maximum atomic E-state index is 5.71. The van der Waals surface area contributed by atoms with E-state index in [9.17, 15) is 0 Å². The van der Waals surface area contributed by atoms with Crippen molar-refractivity contribution in [2.24, 2.45) is 11.7 Å². The number of hydrogen-bond acceptors (Lipinski definition) is 3. The van der Waals surface area contributed by atoms with Gasteiger partial charge in [0.1, 0.15) is 0 Å². The summed E-state index contributed by atoms with van der Waals surface area (Å²) in [5, 5.41) is 0. The average molecular weight is 147 g/mol. The molecule has 2 N–H and O–H groups in total. The van der Waals surface area contributed by atoms with E-state index in [0.717, 1.165) is 6.42 Å². The van der Waals surface area contributed by atoms with Crippen LogP contribution in [-0.2, 0) is 9.47 Å². The second kappa shape index (κ2) is 3.91. The number of hydrogen-bond donors (Lipinski definition) is 1. The van der Waals surface area contributed by atoms with Gasteiger partial charge in [0.25, 0.3) is 0 Å². The van der Waals surface area contributed by atoms with Crippen molar-refractivity contribution in [2.45, 2.75) is 26.2 Å². The highest BCUT2D eigenvalue weighted by molar-refractivity contribution is 4.66. The highest BCUT2D eigenvalue weighted by Crippen LogP contribution is 2.18. The molecular weight excluding hydrogens is 130 g/mol. The Kier molecular flexibility index (Phi) is 3.86. The molecule has 0 aliphatic rings. The summed E-state index contributed by atoms with van der Waals surface area (Å²) in [7, 11) is 3.10. The summed E-state index contributed by atoms with van der Waals surface area (Å²) in [6, 6.07) is 0. The van der Waals surface area contributed by atoms with Gasteiger partial charge in [-0.1, -0.05) is 13.8 Å². The van der Waals surface area contributed by atoms with Gasteiger partial charge in [0, 0.05) is 20.1 Å². The minimum Gasteiger partial charge on any atom is -0.341 e. The molecule has 10 heavy (non-hydrogen) atoms. The summed E-state index contributed by atoms with van der Waals surface area (Å²) < 4.78 is 9.99. The van der Waals surface area contributed by atoms with Crippen LogP contribution < -0.4 is 5.73 Å². The van der Waals surface area contributed by atoms with Crippen molar-refractivity contribution in [1.29, 1.82) is 0 Å². The van der Waals surface area contributed by atoms with Crippen LogP contribution >= 0.6 is 0 Å². The Morgan fingerprint density at radius 3 is 1.90 bits per heavy atom. The lowest BCUT2D eigenvalue weighted by Crippen LogP contribution is -2.49. The predicted molar refractivity (Wildman–Crippen MR) is 40.4 cm³/mol. The number of methoxy groups -OCH3 is 2. The molecule has 0 bridgehead atoms. The summed E-state index contributed by atoms with van der Waals surface area (Å²) in [5.41, 5.74) is 5.71. The predicted octanol–water partition coefficient (Wildman–Crippen LogP) is 0.938. The maximum absolute atomic E-state index is 5.71. The molecule has 0 heterocycles. The van der Waals surface area contributed by atoms with E-state index in [1.165, 1.54) is 0 Å². The lowest BCUT2D eigenvalue weighted by atomic mass is 10.1. The van der Waals surface area contributed by atoms with Crippen LogP contribution in [0.2, 0.25) is 0 Å². The minimum absolute atomic E-state index is 0.211. The lowest BCUT2D eigenvalue weighted by molar-refractivity contribution is -0.233. The lowest BCUT2D eigenvalue weighted by Gasteiger charge is -2.31. The largest absolute Gasteiger partial charge is 0.341 e. The zero-order valence-corrected chi connectivity index (χ0v) is 7.18. The molecule has 0 aromatic heterocycles. The topological polar surface area (TPSA) is 44.5 Å². The molecule has 0 fully saturated rings. The Morgan fingerprint density at radius 1 is 1.40 bits per heavy atom. The first-order valence-corrected chi connectivity index (χ1v) is 3.49. The average Bonchev–Trinajstić information content (AvgIpc) is 2.01. The van der Waals surface area contributed by atoms with Gasteiger partial charge in [-0.2, -0.15) is 0 Å². The molecule has 62 valence electrons. The second-order valence-electron chi connectivity index (χ2n) is 2.44.